The van der Waals surface area contributed by atoms with E-state index in [1.165, 1.54) is 22.3 Å². The molecule has 0 saturated carbocycles. The fourth-order valence-electron chi connectivity index (χ4n) is 4.31. The molecular formula is C25H35N3O2. The lowest BCUT2D eigenvalue weighted by Gasteiger charge is -2.31. The van der Waals surface area contributed by atoms with Crippen LogP contribution in [-0.2, 0) is 24.2 Å². The molecule has 1 aliphatic rings. The topological polar surface area (TPSA) is 54.5 Å². The highest BCUT2D eigenvalue weighted by Crippen LogP contribution is 2.37. The largest absolute Gasteiger partial charge is 0.492 e. The number of likely N-dealkylation sites (N-methyl/N-ethyl adjacent to an activating group) is 1. The van der Waals surface area contributed by atoms with E-state index in [0.29, 0.717) is 19.1 Å². The number of hydrogen-bond donors (Lipinski definition) is 1. The van der Waals surface area contributed by atoms with E-state index in [0.717, 1.165) is 37.1 Å². The molecule has 0 aliphatic heterocycles. The smallest absolute Gasteiger partial charge is 0.223 e. The summed E-state index contributed by atoms with van der Waals surface area (Å²) < 4.78 is 6.10. The average molecular weight is 410 g/mol. The summed E-state index contributed by atoms with van der Waals surface area (Å²) in [7, 11) is 4.11. The van der Waals surface area contributed by atoms with Crippen LogP contribution in [0.4, 0.5) is 0 Å². The molecule has 3 rings (SSSR count). The molecule has 0 fully saturated rings. The number of amides is 1. The van der Waals surface area contributed by atoms with Crippen molar-refractivity contribution in [3.63, 3.8) is 0 Å². The third-order valence-corrected chi connectivity index (χ3v) is 6.35. The maximum absolute atomic E-state index is 12.8. The van der Waals surface area contributed by atoms with Gasteiger partial charge < -0.3 is 15.0 Å². The Balaban J connectivity index is 1.67. The van der Waals surface area contributed by atoms with Crippen molar-refractivity contribution in [3.8, 4) is 5.75 Å². The lowest BCUT2D eigenvalue weighted by Crippen LogP contribution is -2.35. The molecule has 0 bridgehead atoms. The van der Waals surface area contributed by atoms with Crippen molar-refractivity contribution in [2.24, 2.45) is 11.8 Å². The maximum Gasteiger partial charge on any atom is 0.223 e. The molecule has 30 heavy (non-hydrogen) atoms. The minimum Gasteiger partial charge on any atom is -0.492 e. The standard InChI is InChI=1S/C25H35N3O2/c1-17-13-24(30-12-11-28(4)5)19(3)23-14-21(8-9-22(17)23)18(2)25(29)27-16-20-7-6-10-26-15-20/h6-7,10,13,15,18,21H,8-9,11-12,14,16H2,1-5H3,(H,27,29). The van der Waals surface area contributed by atoms with E-state index in [9.17, 15) is 4.79 Å². The van der Waals surface area contributed by atoms with Crippen LogP contribution in [0.5, 0.6) is 5.75 Å². The van der Waals surface area contributed by atoms with E-state index in [-0.39, 0.29) is 11.8 Å². The zero-order valence-electron chi connectivity index (χ0n) is 19.0. The Kier molecular flexibility index (Phi) is 7.48. The van der Waals surface area contributed by atoms with Crippen LogP contribution in [-0.4, -0.2) is 43.0 Å². The molecule has 2 atom stereocenters. The summed E-state index contributed by atoms with van der Waals surface area (Å²) in [4.78, 5) is 19.0. The number of nitrogens with one attached hydrogen (secondary N) is 1. The fourth-order valence-corrected chi connectivity index (χ4v) is 4.31. The van der Waals surface area contributed by atoms with Crippen LogP contribution in [0.1, 0.15) is 41.2 Å². The number of carbonyl (C=O) groups is 1. The lowest BCUT2D eigenvalue weighted by atomic mass is 9.74. The summed E-state index contributed by atoms with van der Waals surface area (Å²) in [5, 5.41) is 3.09. The minimum absolute atomic E-state index is 0.0205. The molecule has 2 aromatic rings. The van der Waals surface area contributed by atoms with E-state index in [1.54, 1.807) is 12.4 Å². The van der Waals surface area contributed by atoms with E-state index in [4.69, 9.17) is 4.74 Å². The Morgan fingerprint density at radius 2 is 2.13 bits per heavy atom. The van der Waals surface area contributed by atoms with Gasteiger partial charge in [0, 0.05) is 31.4 Å². The van der Waals surface area contributed by atoms with Crippen molar-refractivity contribution in [1.29, 1.82) is 0 Å². The average Bonchev–Trinajstić information content (AvgIpc) is 2.75. The van der Waals surface area contributed by atoms with Gasteiger partial charge in [-0.25, -0.2) is 0 Å². The second-order valence-electron chi connectivity index (χ2n) is 8.80. The second kappa shape index (κ2) is 10.1. The van der Waals surface area contributed by atoms with Gasteiger partial charge >= 0.3 is 0 Å². The lowest BCUT2D eigenvalue weighted by molar-refractivity contribution is -0.126. The van der Waals surface area contributed by atoms with Gasteiger partial charge in [0.2, 0.25) is 5.91 Å². The number of fused-ring (bicyclic) bond motifs is 1. The van der Waals surface area contributed by atoms with E-state index in [2.05, 4.69) is 56.1 Å². The summed E-state index contributed by atoms with van der Waals surface area (Å²) in [5.74, 6) is 1.44. The van der Waals surface area contributed by atoms with E-state index in [1.807, 2.05) is 12.1 Å². The Morgan fingerprint density at radius 3 is 2.83 bits per heavy atom. The third-order valence-electron chi connectivity index (χ3n) is 6.35. The Labute approximate surface area is 180 Å². The van der Waals surface area contributed by atoms with Crippen molar-refractivity contribution in [3.05, 3.63) is 58.4 Å². The van der Waals surface area contributed by atoms with Crippen molar-refractivity contribution >= 4 is 5.91 Å². The zero-order chi connectivity index (χ0) is 21.7. The highest BCUT2D eigenvalue weighted by molar-refractivity contribution is 5.78. The Bertz CT molecular complexity index is 864. The molecule has 0 saturated heterocycles. The van der Waals surface area contributed by atoms with Crippen molar-refractivity contribution in [2.45, 2.75) is 46.6 Å². The molecule has 1 aromatic heterocycles. The molecule has 0 radical (unpaired) electrons. The molecule has 162 valence electrons. The number of nitrogens with zero attached hydrogens (tertiary/aromatic N) is 2. The van der Waals surface area contributed by atoms with Gasteiger partial charge in [-0.15, -0.1) is 0 Å². The van der Waals surface area contributed by atoms with Gasteiger partial charge in [0.05, 0.1) is 0 Å². The van der Waals surface area contributed by atoms with Crippen LogP contribution in [0, 0.1) is 25.7 Å². The summed E-state index contributed by atoms with van der Waals surface area (Å²) in [6.45, 7) is 8.52. The molecule has 1 heterocycles. The summed E-state index contributed by atoms with van der Waals surface area (Å²) in [6.07, 6.45) is 6.57. The van der Waals surface area contributed by atoms with Crippen molar-refractivity contribution < 1.29 is 9.53 Å². The summed E-state index contributed by atoms with van der Waals surface area (Å²) >= 11 is 0. The fraction of sp³-hybridized carbons (Fsp3) is 0.520. The number of carbonyl (C=O) groups excluding carboxylic acids is 1. The first-order chi connectivity index (χ1) is 14.4. The first kappa shape index (κ1) is 22.3. The predicted molar refractivity (Wildman–Crippen MR) is 121 cm³/mol. The number of benzene rings is 1. The third kappa shape index (κ3) is 5.39. The highest BCUT2D eigenvalue weighted by Gasteiger charge is 2.30. The molecule has 0 spiro atoms. The van der Waals surface area contributed by atoms with Crippen molar-refractivity contribution in [1.82, 2.24) is 15.2 Å². The minimum atomic E-state index is -0.0205. The summed E-state index contributed by atoms with van der Waals surface area (Å²) in [6, 6.07) is 6.07. The normalized spacial score (nSPS) is 16.8. The van der Waals surface area contributed by atoms with Crippen LogP contribution < -0.4 is 10.1 Å². The monoisotopic (exact) mass is 409 g/mol. The van der Waals surface area contributed by atoms with Gasteiger partial charge in [-0.1, -0.05) is 13.0 Å². The van der Waals surface area contributed by atoms with Crippen LogP contribution >= 0.6 is 0 Å². The molecule has 1 aliphatic carbocycles. The number of pyridine rings is 1. The van der Waals surface area contributed by atoms with Gasteiger partial charge in [0.1, 0.15) is 12.4 Å². The molecule has 1 N–H and O–H groups in total. The van der Waals surface area contributed by atoms with Crippen LogP contribution in [0.25, 0.3) is 0 Å². The first-order valence-corrected chi connectivity index (χ1v) is 10.9. The highest BCUT2D eigenvalue weighted by atomic mass is 16.5. The number of ether oxygens (including phenoxy) is 1. The summed E-state index contributed by atoms with van der Waals surface area (Å²) in [5.41, 5.74) is 6.41. The quantitative estimate of drug-likeness (QED) is 0.722. The Hall–Kier alpha value is -2.40. The number of rotatable bonds is 8. The van der Waals surface area contributed by atoms with Gasteiger partial charge in [-0.05, 0) is 93.1 Å². The zero-order valence-corrected chi connectivity index (χ0v) is 19.0. The molecular weight excluding hydrogens is 374 g/mol. The van der Waals surface area contributed by atoms with Gasteiger partial charge in [0.15, 0.2) is 0 Å². The van der Waals surface area contributed by atoms with E-state index >= 15 is 0 Å². The Morgan fingerprint density at radius 1 is 1.33 bits per heavy atom. The number of aromatic nitrogens is 1. The number of hydrogen-bond acceptors (Lipinski definition) is 4. The number of aryl methyl sites for hydroxylation is 1. The van der Waals surface area contributed by atoms with E-state index < -0.39 is 0 Å². The maximum atomic E-state index is 12.8. The molecule has 5 heteroatoms. The predicted octanol–water partition coefficient (Wildman–Crippen LogP) is 3.70. The molecule has 5 nitrogen and oxygen atoms in total. The SMILES string of the molecule is Cc1cc(OCCN(C)C)c(C)c2c1CCC(C(C)C(=O)NCc1cccnc1)C2. The second-order valence-corrected chi connectivity index (χ2v) is 8.80. The molecule has 1 aromatic carbocycles. The van der Waals surface area contributed by atoms with Gasteiger partial charge in [-0.2, -0.15) is 0 Å². The van der Waals surface area contributed by atoms with Gasteiger partial charge in [0.25, 0.3) is 0 Å². The van der Waals surface area contributed by atoms with Crippen molar-refractivity contribution in [2.75, 3.05) is 27.2 Å². The van der Waals surface area contributed by atoms with Crippen LogP contribution in [0.15, 0.2) is 30.6 Å². The molecule has 2 unspecified atom stereocenters. The first-order valence-electron chi connectivity index (χ1n) is 10.9. The van der Waals surface area contributed by atoms with Gasteiger partial charge in [-0.3, -0.25) is 9.78 Å². The van der Waals surface area contributed by atoms with Crippen LogP contribution in [0.2, 0.25) is 0 Å². The van der Waals surface area contributed by atoms with Crippen LogP contribution in [0.3, 0.4) is 0 Å². The molecule has 1 amide bonds.